The minimum Gasteiger partial charge on any atom is -0.370 e. The van der Waals surface area contributed by atoms with Crippen LogP contribution in [0.5, 0.6) is 0 Å². The molecule has 2 aromatic rings. The Kier molecular flexibility index (Phi) is 5.31. The van der Waals surface area contributed by atoms with Gasteiger partial charge in [0.05, 0.1) is 5.54 Å². The van der Waals surface area contributed by atoms with Crippen molar-refractivity contribution in [2.45, 2.75) is 25.1 Å². The Morgan fingerprint density at radius 2 is 1.79 bits per heavy atom. The molecule has 2 atom stereocenters. The monoisotopic (exact) mass is 379 g/mol. The maximum Gasteiger partial charge on any atom is 0.148 e. The Balaban J connectivity index is 1.52. The fourth-order valence-electron chi connectivity index (χ4n) is 3.94. The second kappa shape index (κ2) is 7.87. The highest BCUT2D eigenvalue weighted by Gasteiger charge is 2.38. The van der Waals surface area contributed by atoms with Gasteiger partial charge in [0.15, 0.2) is 0 Å². The molecule has 4 rings (SSSR count). The van der Waals surface area contributed by atoms with E-state index in [0.717, 1.165) is 30.8 Å². The first kappa shape index (κ1) is 18.9. The number of rotatable bonds is 5. The average molecular weight is 379 g/mol. The standard InChI is InChI=1S/C23H26FN3O/c1-17-3-2-12-27(22(17)28)15-23(14-25-16-26-23)20-8-4-18(5-9-20)13-19-6-10-21(24)11-7-19/h2-12,22,25-26,28H,13-16H2,1H3. The van der Waals surface area contributed by atoms with E-state index in [2.05, 4.69) is 34.9 Å². The summed E-state index contributed by atoms with van der Waals surface area (Å²) < 4.78 is 13.1. The number of benzene rings is 2. The zero-order chi connectivity index (χ0) is 19.6. The third-order valence-electron chi connectivity index (χ3n) is 5.62. The lowest BCUT2D eigenvalue weighted by Gasteiger charge is -2.38. The van der Waals surface area contributed by atoms with E-state index in [-0.39, 0.29) is 11.4 Å². The third-order valence-corrected chi connectivity index (χ3v) is 5.62. The maximum atomic E-state index is 13.1. The molecular formula is C23H26FN3O. The molecule has 0 spiro atoms. The van der Waals surface area contributed by atoms with Crippen molar-refractivity contribution in [2.24, 2.45) is 0 Å². The molecule has 4 nitrogen and oxygen atoms in total. The van der Waals surface area contributed by atoms with Crippen LogP contribution in [0.15, 0.2) is 72.5 Å². The molecule has 1 saturated heterocycles. The number of allylic oxidation sites excluding steroid dienone is 2. The van der Waals surface area contributed by atoms with E-state index in [4.69, 9.17) is 0 Å². The van der Waals surface area contributed by atoms with Gasteiger partial charge in [0.1, 0.15) is 12.0 Å². The van der Waals surface area contributed by atoms with E-state index in [0.29, 0.717) is 6.54 Å². The van der Waals surface area contributed by atoms with Crippen LogP contribution in [-0.2, 0) is 12.0 Å². The van der Waals surface area contributed by atoms with Crippen molar-refractivity contribution in [2.75, 3.05) is 19.8 Å². The predicted molar refractivity (Wildman–Crippen MR) is 109 cm³/mol. The number of hydrogen-bond acceptors (Lipinski definition) is 4. The highest BCUT2D eigenvalue weighted by molar-refractivity contribution is 5.34. The molecule has 2 aromatic carbocycles. The van der Waals surface area contributed by atoms with Crippen LogP contribution in [0.2, 0.25) is 0 Å². The summed E-state index contributed by atoms with van der Waals surface area (Å²) in [6.07, 6.45) is 6.04. The van der Waals surface area contributed by atoms with E-state index >= 15 is 0 Å². The third kappa shape index (κ3) is 3.87. The highest BCUT2D eigenvalue weighted by atomic mass is 19.1. The number of hydrogen-bond donors (Lipinski definition) is 3. The molecule has 28 heavy (non-hydrogen) atoms. The fourth-order valence-corrected chi connectivity index (χ4v) is 3.94. The van der Waals surface area contributed by atoms with Crippen molar-refractivity contribution < 1.29 is 9.50 Å². The summed E-state index contributed by atoms with van der Waals surface area (Å²) in [5.41, 5.74) is 4.14. The summed E-state index contributed by atoms with van der Waals surface area (Å²) >= 11 is 0. The lowest BCUT2D eigenvalue weighted by molar-refractivity contribution is 0.0488. The number of nitrogens with one attached hydrogen (secondary N) is 2. The second-order valence-electron chi connectivity index (χ2n) is 7.66. The van der Waals surface area contributed by atoms with Gasteiger partial charge >= 0.3 is 0 Å². The van der Waals surface area contributed by atoms with Crippen LogP contribution >= 0.6 is 0 Å². The van der Waals surface area contributed by atoms with Crippen LogP contribution in [0.3, 0.4) is 0 Å². The molecule has 0 radical (unpaired) electrons. The van der Waals surface area contributed by atoms with Crippen LogP contribution in [0.25, 0.3) is 0 Å². The van der Waals surface area contributed by atoms with Crippen LogP contribution in [-0.4, -0.2) is 36.0 Å². The summed E-state index contributed by atoms with van der Waals surface area (Å²) in [6.45, 7) is 4.14. The van der Waals surface area contributed by atoms with Gasteiger partial charge in [-0.05, 0) is 53.8 Å². The summed E-state index contributed by atoms with van der Waals surface area (Å²) in [5.74, 6) is -0.208. The van der Waals surface area contributed by atoms with Gasteiger partial charge in [-0.25, -0.2) is 4.39 Å². The molecule has 2 aliphatic heterocycles. The normalized spacial score (nSPS) is 24.5. The van der Waals surface area contributed by atoms with Gasteiger partial charge in [0.25, 0.3) is 0 Å². The number of nitrogens with zero attached hydrogens (tertiary/aromatic N) is 1. The number of aliphatic hydroxyl groups is 1. The quantitative estimate of drug-likeness (QED) is 0.748. The molecule has 0 saturated carbocycles. The van der Waals surface area contributed by atoms with Gasteiger partial charge in [0, 0.05) is 26.0 Å². The zero-order valence-electron chi connectivity index (χ0n) is 16.0. The van der Waals surface area contributed by atoms with Gasteiger partial charge in [0.2, 0.25) is 0 Å². The molecule has 0 bridgehead atoms. The van der Waals surface area contributed by atoms with Gasteiger partial charge in [-0.3, -0.25) is 5.32 Å². The first-order chi connectivity index (χ1) is 13.6. The molecule has 146 valence electrons. The van der Waals surface area contributed by atoms with Gasteiger partial charge in [-0.15, -0.1) is 0 Å². The molecular weight excluding hydrogens is 353 g/mol. The minimum absolute atomic E-state index is 0.208. The van der Waals surface area contributed by atoms with E-state index in [9.17, 15) is 9.50 Å². The molecule has 0 aromatic heterocycles. The molecule has 0 amide bonds. The Morgan fingerprint density at radius 1 is 1.11 bits per heavy atom. The smallest absolute Gasteiger partial charge is 0.148 e. The molecule has 2 heterocycles. The van der Waals surface area contributed by atoms with E-state index in [1.54, 1.807) is 0 Å². The fraction of sp³-hybridized carbons (Fsp3) is 0.304. The molecule has 2 aliphatic rings. The zero-order valence-corrected chi connectivity index (χ0v) is 16.0. The Labute approximate surface area is 165 Å². The molecule has 1 fully saturated rings. The first-order valence-corrected chi connectivity index (χ1v) is 9.64. The summed E-state index contributed by atoms with van der Waals surface area (Å²) in [4.78, 5) is 1.97. The Morgan fingerprint density at radius 3 is 2.43 bits per heavy atom. The lowest BCUT2D eigenvalue weighted by Crippen LogP contribution is -2.51. The Hall–Kier alpha value is -2.47. The topological polar surface area (TPSA) is 47.5 Å². The van der Waals surface area contributed by atoms with Crippen LogP contribution in [0.4, 0.5) is 4.39 Å². The molecule has 5 heteroatoms. The van der Waals surface area contributed by atoms with E-state index in [1.165, 1.54) is 23.3 Å². The van der Waals surface area contributed by atoms with Gasteiger partial charge in [-0.1, -0.05) is 42.5 Å². The molecule has 3 N–H and O–H groups in total. The van der Waals surface area contributed by atoms with Crippen LogP contribution in [0, 0.1) is 5.82 Å². The Bertz CT molecular complexity index is 868. The number of halogens is 1. The summed E-state index contributed by atoms with van der Waals surface area (Å²) in [5, 5.41) is 17.5. The van der Waals surface area contributed by atoms with Crippen LogP contribution < -0.4 is 10.6 Å². The van der Waals surface area contributed by atoms with Gasteiger partial charge in [-0.2, -0.15) is 0 Å². The minimum atomic E-state index is -0.595. The maximum absolute atomic E-state index is 13.1. The van der Waals surface area contributed by atoms with E-state index in [1.807, 2.05) is 42.3 Å². The molecule has 0 aliphatic carbocycles. The van der Waals surface area contributed by atoms with Crippen molar-refractivity contribution in [1.82, 2.24) is 15.5 Å². The SMILES string of the molecule is CC1=CC=CN(CC2(c3ccc(Cc4ccc(F)cc4)cc3)CNCN2)C1O. The first-order valence-electron chi connectivity index (χ1n) is 9.64. The second-order valence-corrected chi connectivity index (χ2v) is 7.66. The molecule has 2 unspecified atom stereocenters. The summed E-state index contributed by atoms with van der Waals surface area (Å²) in [6, 6.07) is 15.2. The predicted octanol–water partition coefficient (Wildman–Crippen LogP) is 2.86. The van der Waals surface area contributed by atoms with Crippen molar-refractivity contribution in [3.05, 3.63) is 95.0 Å². The van der Waals surface area contributed by atoms with Crippen molar-refractivity contribution in [3.63, 3.8) is 0 Å². The number of aliphatic hydroxyl groups excluding tert-OH is 1. The average Bonchev–Trinajstić information content (AvgIpc) is 3.18. The van der Waals surface area contributed by atoms with Crippen molar-refractivity contribution >= 4 is 0 Å². The lowest BCUT2D eigenvalue weighted by atomic mass is 9.88. The highest BCUT2D eigenvalue weighted by Crippen LogP contribution is 2.28. The van der Waals surface area contributed by atoms with Crippen LogP contribution in [0.1, 0.15) is 23.6 Å². The van der Waals surface area contributed by atoms with Crippen molar-refractivity contribution in [1.29, 1.82) is 0 Å². The largest absolute Gasteiger partial charge is 0.370 e. The van der Waals surface area contributed by atoms with Crippen molar-refractivity contribution in [3.8, 4) is 0 Å². The van der Waals surface area contributed by atoms with Gasteiger partial charge < -0.3 is 15.3 Å². The van der Waals surface area contributed by atoms with E-state index < -0.39 is 6.23 Å². The summed E-state index contributed by atoms with van der Waals surface area (Å²) in [7, 11) is 0.